The smallest absolute Gasteiger partial charge is 0.299 e. The molecule has 114 valence electrons. The van der Waals surface area contributed by atoms with E-state index in [1.54, 1.807) is 60.7 Å². The number of hydrogen-bond donors (Lipinski definition) is 1. The van der Waals surface area contributed by atoms with E-state index >= 15 is 0 Å². The molecule has 3 aromatic rings. The lowest BCUT2D eigenvalue weighted by molar-refractivity contribution is 0.0887. The van der Waals surface area contributed by atoms with Crippen LogP contribution in [0.15, 0.2) is 78.9 Å². The second-order valence-corrected chi connectivity index (χ2v) is 5.74. The van der Waals surface area contributed by atoms with Gasteiger partial charge in [-0.1, -0.05) is 78.9 Å². The molecule has 0 fully saturated rings. The predicted octanol–water partition coefficient (Wildman–Crippen LogP) is 4.42. The van der Waals surface area contributed by atoms with Crippen LogP contribution >= 0.6 is 0 Å². The molecule has 0 heterocycles. The Labute approximate surface area is 132 Å². The third kappa shape index (κ3) is 1.93. The normalized spacial score (nSPS) is 15.1. The van der Waals surface area contributed by atoms with Crippen LogP contribution in [0.5, 0.6) is 0 Å². The van der Waals surface area contributed by atoms with E-state index in [1.807, 2.05) is 12.1 Å². The summed E-state index contributed by atoms with van der Waals surface area (Å²) in [6.07, 6.45) is 0. The molecule has 3 heteroatoms. The first kappa shape index (κ1) is 14.1. The van der Waals surface area contributed by atoms with Crippen molar-refractivity contribution in [2.75, 3.05) is 0 Å². The number of aliphatic hydroxyl groups is 1. The summed E-state index contributed by atoms with van der Waals surface area (Å²) in [5.74, 6) is -2.95. The topological polar surface area (TPSA) is 20.2 Å². The Hall–Kier alpha value is -2.52. The van der Waals surface area contributed by atoms with E-state index in [1.165, 1.54) is 6.07 Å². The van der Waals surface area contributed by atoms with E-state index in [2.05, 4.69) is 0 Å². The molecule has 1 aliphatic carbocycles. The molecule has 0 bridgehead atoms. The minimum atomic E-state index is -2.95. The average Bonchev–Trinajstić information content (AvgIpc) is 3.18. The van der Waals surface area contributed by atoms with Crippen molar-refractivity contribution < 1.29 is 13.9 Å². The standard InChI is InChI=1S/C20H14F2O/c21-20(22)17-13-7-12-16(18(17)20)19(23,14-8-3-1-4-9-14)15-10-5-2-6-11-15/h1-13,23H. The summed E-state index contributed by atoms with van der Waals surface area (Å²) < 4.78 is 28.1. The van der Waals surface area contributed by atoms with Crippen LogP contribution in [0, 0.1) is 0 Å². The highest BCUT2D eigenvalue weighted by Crippen LogP contribution is 2.57. The third-order valence-corrected chi connectivity index (χ3v) is 4.43. The van der Waals surface area contributed by atoms with E-state index in [4.69, 9.17) is 0 Å². The van der Waals surface area contributed by atoms with Gasteiger partial charge < -0.3 is 5.11 Å². The molecule has 0 aromatic heterocycles. The van der Waals surface area contributed by atoms with Crippen molar-refractivity contribution in [3.05, 3.63) is 107 Å². The molecule has 0 radical (unpaired) electrons. The zero-order chi connectivity index (χ0) is 16.1. The average molecular weight is 308 g/mol. The summed E-state index contributed by atoms with van der Waals surface area (Å²) in [4.78, 5) is 0. The van der Waals surface area contributed by atoms with Gasteiger partial charge in [0.05, 0.1) is 0 Å². The fourth-order valence-corrected chi connectivity index (χ4v) is 3.22. The maximum Gasteiger partial charge on any atom is 0.299 e. The fourth-order valence-electron chi connectivity index (χ4n) is 3.22. The third-order valence-electron chi connectivity index (χ3n) is 4.43. The zero-order valence-electron chi connectivity index (χ0n) is 12.2. The van der Waals surface area contributed by atoms with Gasteiger partial charge in [-0.15, -0.1) is 0 Å². The van der Waals surface area contributed by atoms with E-state index in [0.29, 0.717) is 11.1 Å². The minimum absolute atomic E-state index is 0.000266. The maximum absolute atomic E-state index is 14.0. The van der Waals surface area contributed by atoms with Crippen LogP contribution in [0.25, 0.3) is 0 Å². The van der Waals surface area contributed by atoms with Gasteiger partial charge in [0.2, 0.25) is 0 Å². The predicted molar refractivity (Wildman–Crippen MR) is 84.4 cm³/mol. The highest BCUT2D eigenvalue weighted by Gasteiger charge is 2.57. The van der Waals surface area contributed by atoms with Crippen molar-refractivity contribution in [3.8, 4) is 0 Å². The van der Waals surface area contributed by atoms with Gasteiger partial charge in [0, 0.05) is 16.7 Å². The summed E-state index contributed by atoms with van der Waals surface area (Å²) in [5.41, 5.74) is -0.272. The molecular formula is C20H14F2O. The minimum Gasteiger partial charge on any atom is -0.376 e. The second-order valence-electron chi connectivity index (χ2n) is 5.74. The maximum atomic E-state index is 14.0. The van der Waals surface area contributed by atoms with Crippen LogP contribution < -0.4 is 0 Å². The van der Waals surface area contributed by atoms with Crippen molar-refractivity contribution in [1.82, 2.24) is 0 Å². The van der Waals surface area contributed by atoms with Crippen molar-refractivity contribution in [2.45, 2.75) is 11.5 Å². The van der Waals surface area contributed by atoms with E-state index < -0.39 is 11.5 Å². The monoisotopic (exact) mass is 308 g/mol. The highest BCUT2D eigenvalue weighted by molar-refractivity contribution is 5.63. The number of halogens is 2. The molecule has 0 amide bonds. The van der Waals surface area contributed by atoms with Gasteiger partial charge in [0.15, 0.2) is 0 Å². The van der Waals surface area contributed by atoms with Crippen LogP contribution in [0.3, 0.4) is 0 Å². The first-order valence-electron chi connectivity index (χ1n) is 7.42. The Morgan fingerprint density at radius 1 is 0.696 bits per heavy atom. The van der Waals surface area contributed by atoms with Crippen molar-refractivity contribution >= 4 is 0 Å². The van der Waals surface area contributed by atoms with Crippen molar-refractivity contribution in [1.29, 1.82) is 0 Å². The first-order chi connectivity index (χ1) is 11.1. The van der Waals surface area contributed by atoms with Gasteiger partial charge >= 0.3 is 0 Å². The molecule has 4 rings (SSSR count). The molecule has 23 heavy (non-hydrogen) atoms. The van der Waals surface area contributed by atoms with E-state index in [0.717, 1.165) is 0 Å². The summed E-state index contributed by atoms with van der Waals surface area (Å²) in [6.45, 7) is 0. The molecule has 1 N–H and O–H groups in total. The fraction of sp³-hybridized carbons (Fsp3) is 0.100. The van der Waals surface area contributed by atoms with Gasteiger partial charge in [-0.25, -0.2) is 0 Å². The molecule has 0 saturated carbocycles. The number of fused-ring (bicyclic) bond motifs is 1. The van der Waals surface area contributed by atoms with Gasteiger partial charge in [-0.05, 0) is 11.1 Å². The van der Waals surface area contributed by atoms with Crippen LogP contribution in [-0.4, -0.2) is 5.11 Å². The van der Waals surface area contributed by atoms with Crippen LogP contribution in [0.2, 0.25) is 0 Å². The summed E-state index contributed by atoms with van der Waals surface area (Å²) >= 11 is 0. The Morgan fingerprint density at radius 3 is 1.74 bits per heavy atom. The Balaban J connectivity index is 2.00. The van der Waals surface area contributed by atoms with Crippen LogP contribution in [0.1, 0.15) is 27.8 Å². The summed E-state index contributed by atoms with van der Waals surface area (Å²) in [6, 6.07) is 22.4. The molecule has 0 saturated heterocycles. The molecule has 0 atom stereocenters. The summed E-state index contributed by atoms with van der Waals surface area (Å²) in [5, 5.41) is 11.5. The zero-order valence-corrected chi connectivity index (χ0v) is 12.2. The van der Waals surface area contributed by atoms with Crippen LogP contribution in [0.4, 0.5) is 8.78 Å². The Bertz CT molecular complexity index is 818. The molecule has 3 aromatic carbocycles. The van der Waals surface area contributed by atoms with Crippen molar-refractivity contribution in [2.24, 2.45) is 0 Å². The number of hydrogen-bond acceptors (Lipinski definition) is 1. The highest BCUT2D eigenvalue weighted by atomic mass is 19.3. The number of rotatable bonds is 3. The quantitative estimate of drug-likeness (QED) is 0.710. The number of alkyl halides is 2. The lowest BCUT2D eigenvalue weighted by Gasteiger charge is -2.30. The largest absolute Gasteiger partial charge is 0.376 e. The van der Waals surface area contributed by atoms with Crippen molar-refractivity contribution in [3.63, 3.8) is 0 Å². The first-order valence-corrected chi connectivity index (χ1v) is 7.42. The van der Waals surface area contributed by atoms with E-state index in [9.17, 15) is 13.9 Å². The summed E-state index contributed by atoms with van der Waals surface area (Å²) in [7, 11) is 0. The molecule has 0 spiro atoms. The molecule has 0 aliphatic heterocycles. The molecular weight excluding hydrogens is 294 g/mol. The van der Waals surface area contributed by atoms with E-state index in [-0.39, 0.29) is 16.7 Å². The van der Waals surface area contributed by atoms with Gasteiger partial charge in [0.1, 0.15) is 5.60 Å². The Kier molecular flexibility index (Phi) is 2.90. The van der Waals surface area contributed by atoms with Gasteiger partial charge in [-0.2, -0.15) is 8.78 Å². The molecule has 0 unspecified atom stereocenters. The van der Waals surface area contributed by atoms with Gasteiger partial charge in [-0.3, -0.25) is 0 Å². The lowest BCUT2D eigenvalue weighted by Crippen LogP contribution is -2.29. The number of benzene rings is 3. The SMILES string of the molecule is OC(c1ccccc1)(c1ccccc1)c1cccc2c1C2(F)F. The van der Waals surface area contributed by atoms with Crippen LogP contribution in [-0.2, 0) is 11.5 Å². The lowest BCUT2D eigenvalue weighted by atomic mass is 9.80. The Morgan fingerprint density at radius 2 is 1.22 bits per heavy atom. The molecule has 1 aliphatic rings. The second kappa shape index (κ2) is 4.74. The molecule has 1 nitrogen and oxygen atoms in total. The van der Waals surface area contributed by atoms with Gasteiger partial charge in [0.25, 0.3) is 5.92 Å².